The number of fused-ring (bicyclic) bond motifs is 1. The fourth-order valence-corrected chi connectivity index (χ4v) is 12.0. The number of allylic oxidation sites excluding steroid dienone is 4. The summed E-state index contributed by atoms with van der Waals surface area (Å²) in [5.41, 5.74) is 2.93. The van der Waals surface area contributed by atoms with Crippen LogP contribution >= 0.6 is 0 Å². The van der Waals surface area contributed by atoms with Gasteiger partial charge in [0.15, 0.2) is 16.6 Å². The van der Waals surface area contributed by atoms with Gasteiger partial charge < -0.3 is 14.0 Å². The smallest absolute Gasteiger partial charge is 0.192 e. The fourth-order valence-electron chi connectivity index (χ4n) is 9.26. The van der Waals surface area contributed by atoms with E-state index >= 15 is 0 Å². The molecule has 0 aromatic rings. The highest BCUT2D eigenvalue weighted by Crippen LogP contribution is 2.60. The van der Waals surface area contributed by atoms with E-state index in [9.17, 15) is 9.90 Å². The molecule has 50 heavy (non-hydrogen) atoms. The Labute approximate surface area is 311 Å². The van der Waals surface area contributed by atoms with E-state index in [0.717, 1.165) is 51.4 Å². The molecule has 0 spiro atoms. The summed E-state index contributed by atoms with van der Waals surface area (Å²) < 4.78 is 14.2. The Kier molecular flexibility index (Phi) is 13.3. The first-order valence-electron chi connectivity index (χ1n) is 20.7. The molecule has 4 aliphatic rings. The molecule has 0 aromatic heterocycles. The Morgan fingerprint density at radius 1 is 0.900 bits per heavy atom. The van der Waals surface area contributed by atoms with Crippen LogP contribution in [0.1, 0.15) is 152 Å². The van der Waals surface area contributed by atoms with Gasteiger partial charge in [0.25, 0.3) is 0 Å². The summed E-state index contributed by atoms with van der Waals surface area (Å²) >= 11 is 0. The van der Waals surface area contributed by atoms with Gasteiger partial charge in [0.05, 0.1) is 23.7 Å². The Hall–Kier alpha value is -0.796. The summed E-state index contributed by atoms with van der Waals surface area (Å²) in [6, 6.07) is 0. The maximum absolute atomic E-state index is 13.0. The van der Waals surface area contributed by atoms with Crippen molar-refractivity contribution in [2.24, 2.45) is 28.6 Å². The molecule has 0 saturated heterocycles. The summed E-state index contributed by atoms with van der Waals surface area (Å²) in [5, 5.41) is 11.6. The van der Waals surface area contributed by atoms with E-state index in [-0.39, 0.29) is 33.5 Å². The normalized spacial score (nSPS) is 31.2. The van der Waals surface area contributed by atoms with Crippen LogP contribution in [-0.4, -0.2) is 45.8 Å². The Morgan fingerprint density at radius 2 is 1.48 bits per heavy atom. The number of aliphatic hydroxyl groups excluding tert-OH is 1. The van der Waals surface area contributed by atoms with Gasteiger partial charge in [0, 0.05) is 6.42 Å². The number of hydrogen-bond donors (Lipinski definition) is 1. The number of carbonyl (C=O) groups excluding carboxylic acids is 1. The zero-order valence-corrected chi connectivity index (χ0v) is 36.8. The lowest BCUT2D eigenvalue weighted by molar-refractivity contribution is -0.127. The Morgan fingerprint density at radius 3 is 2.00 bits per heavy atom. The molecule has 0 bridgehead atoms. The third kappa shape index (κ3) is 9.46. The molecule has 286 valence electrons. The van der Waals surface area contributed by atoms with Gasteiger partial charge in [0.2, 0.25) is 0 Å². The lowest BCUT2D eigenvalue weighted by Gasteiger charge is -2.45. The van der Waals surface area contributed by atoms with Gasteiger partial charge in [-0.3, -0.25) is 4.79 Å². The lowest BCUT2D eigenvalue weighted by Crippen LogP contribution is -2.48. The summed E-state index contributed by atoms with van der Waals surface area (Å²) in [7, 11) is -3.81. The predicted octanol–water partition coefficient (Wildman–Crippen LogP) is 12.5. The van der Waals surface area contributed by atoms with Crippen LogP contribution in [0.5, 0.6) is 0 Å². The van der Waals surface area contributed by atoms with Crippen molar-refractivity contribution in [1.29, 1.82) is 0 Å². The highest BCUT2D eigenvalue weighted by atomic mass is 28.4. The molecule has 0 heterocycles. The van der Waals surface area contributed by atoms with E-state index in [0.29, 0.717) is 24.2 Å². The van der Waals surface area contributed by atoms with Crippen LogP contribution in [0.15, 0.2) is 35.5 Å². The van der Waals surface area contributed by atoms with Gasteiger partial charge in [-0.05, 0) is 130 Å². The highest BCUT2D eigenvalue weighted by Gasteiger charge is 2.54. The van der Waals surface area contributed by atoms with Crippen molar-refractivity contribution in [2.45, 2.75) is 207 Å². The second kappa shape index (κ2) is 15.9. The van der Waals surface area contributed by atoms with Crippen LogP contribution < -0.4 is 0 Å². The second-order valence-electron chi connectivity index (χ2n) is 20.5. The number of hydrogen-bond acceptors (Lipinski definition) is 4. The summed E-state index contributed by atoms with van der Waals surface area (Å²) in [6.45, 7) is 30.8. The molecule has 0 unspecified atom stereocenters. The van der Waals surface area contributed by atoms with Crippen molar-refractivity contribution < 1.29 is 18.8 Å². The lowest BCUT2D eigenvalue weighted by atomic mass is 9.61. The number of unbranched alkanes of at least 4 members (excludes halogenated alkanes) is 2. The van der Waals surface area contributed by atoms with E-state index in [1.807, 2.05) is 6.08 Å². The van der Waals surface area contributed by atoms with Gasteiger partial charge in [-0.2, -0.15) is 0 Å². The maximum atomic E-state index is 13.0. The largest absolute Gasteiger partial charge is 0.414 e. The topological polar surface area (TPSA) is 55.8 Å². The van der Waals surface area contributed by atoms with E-state index in [2.05, 4.69) is 107 Å². The summed E-state index contributed by atoms with van der Waals surface area (Å²) in [4.78, 5) is 13.0. The van der Waals surface area contributed by atoms with Crippen molar-refractivity contribution in [3.63, 3.8) is 0 Å². The Bertz CT molecular complexity index is 1220. The maximum Gasteiger partial charge on any atom is 0.192 e. The van der Waals surface area contributed by atoms with Crippen molar-refractivity contribution in [3.8, 4) is 0 Å². The zero-order valence-electron chi connectivity index (χ0n) is 34.8. The molecule has 0 radical (unpaired) electrons. The molecule has 0 aliphatic heterocycles. The molecule has 4 nitrogen and oxygen atoms in total. The van der Waals surface area contributed by atoms with Gasteiger partial charge >= 0.3 is 0 Å². The molecule has 1 N–H and O–H groups in total. The standard InChI is InChI=1S/C44H78O4Si2/c1-14-15-16-19-39(45)44(27-28-44)40(46)25-20-32(2)37-23-24-38-34(18-17-26-43(37,38)9)22-21-33-29-35(47-49(10,11)41(3,4)5)31-36(30-33)48-50(12,13)42(6,7)8/h20-22,25,32,35-38,40,46H,14-19,23-24,26-31H2,1-13H3/b25-20+,34-22+/t32-,35-,36-,37-,38+,40-,43-/m1/s1. The molecular formula is C44H78O4Si2. The van der Waals surface area contributed by atoms with Crippen LogP contribution in [0.3, 0.4) is 0 Å². The highest BCUT2D eigenvalue weighted by molar-refractivity contribution is 6.74. The van der Waals surface area contributed by atoms with Gasteiger partial charge in [0.1, 0.15) is 5.78 Å². The third-order valence-corrected chi connectivity index (χ3v) is 23.8. The molecule has 4 rings (SSSR count). The zero-order chi connectivity index (χ0) is 37.3. The minimum atomic E-state index is -1.91. The Balaban J connectivity index is 1.49. The molecule has 0 aromatic carbocycles. The van der Waals surface area contributed by atoms with Gasteiger partial charge in [-0.15, -0.1) is 0 Å². The average molecular weight is 727 g/mol. The van der Waals surface area contributed by atoms with E-state index in [1.165, 1.54) is 37.7 Å². The average Bonchev–Trinajstić information content (AvgIpc) is 3.73. The van der Waals surface area contributed by atoms with Crippen LogP contribution in [0, 0.1) is 28.6 Å². The first kappa shape index (κ1) is 42.0. The number of aliphatic hydroxyl groups is 1. The fraction of sp³-hybridized carbons (Fsp3) is 0.841. The van der Waals surface area contributed by atoms with E-state index < -0.39 is 28.2 Å². The summed E-state index contributed by atoms with van der Waals surface area (Å²) in [5.74, 6) is 1.90. The van der Waals surface area contributed by atoms with Gasteiger partial charge in [-0.25, -0.2) is 0 Å². The monoisotopic (exact) mass is 727 g/mol. The number of carbonyl (C=O) groups is 1. The number of rotatable bonds is 14. The van der Waals surface area contributed by atoms with Gasteiger partial charge in [-0.1, -0.05) is 111 Å². The molecule has 0 amide bonds. The number of ketones is 1. The molecule has 4 aliphatic carbocycles. The van der Waals surface area contributed by atoms with E-state index in [1.54, 1.807) is 5.57 Å². The minimum Gasteiger partial charge on any atom is -0.414 e. The van der Waals surface area contributed by atoms with Crippen molar-refractivity contribution in [1.82, 2.24) is 0 Å². The molecule has 4 saturated carbocycles. The quantitative estimate of drug-likeness (QED) is 0.110. The third-order valence-electron chi connectivity index (χ3n) is 14.8. The SMILES string of the molecule is CCCCCC(=O)C1([C@H](O)/C=C/[C@@H](C)[C@H]2CC[C@H]3/C(=C/C=C4C[C@@H](O[Si](C)(C)C(C)(C)C)C[C@H](O[Si](C)(C)C(C)(C)C)C4)CCC[C@]23C)CC1. The number of Topliss-reactive ketones (excluding diaryl/α,β-unsaturated/α-hetero) is 1. The summed E-state index contributed by atoms with van der Waals surface area (Å²) in [6.07, 6.45) is 23.9. The van der Waals surface area contributed by atoms with Crippen LogP contribution in [0.4, 0.5) is 0 Å². The second-order valence-corrected chi connectivity index (χ2v) is 30.0. The van der Waals surface area contributed by atoms with Crippen molar-refractivity contribution in [3.05, 3.63) is 35.5 Å². The van der Waals surface area contributed by atoms with Crippen molar-refractivity contribution in [2.75, 3.05) is 0 Å². The first-order valence-corrected chi connectivity index (χ1v) is 26.5. The van der Waals surface area contributed by atoms with Crippen LogP contribution in [-0.2, 0) is 13.6 Å². The van der Waals surface area contributed by atoms with Crippen molar-refractivity contribution >= 4 is 22.4 Å². The van der Waals surface area contributed by atoms with Crippen LogP contribution in [0.2, 0.25) is 36.3 Å². The molecular weight excluding hydrogens is 649 g/mol. The molecule has 7 atom stereocenters. The minimum absolute atomic E-state index is 0.188. The first-order chi connectivity index (χ1) is 23.1. The predicted molar refractivity (Wildman–Crippen MR) is 217 cm³/mol. The molecule has 6 heteroatoms. The van der Waals surface area contributed by atoms with Crippen LogP contribution in [0.25, 0.3) is 0 Å². The van der Waals surface area contributed by atoms with E-state index in [4.69, 9.17) is 8.85 Å². The molecule has 4 fully saturated rings.